The van der Waals surface area contributed by atoms with E-state index in [9.17, 15) is 4.79 Å². The number of pyridine rings is 1. The second-order valence-electron chi connectivity index (χ2n) is 5.02. The van der Waals surface area contributed by atoms with Crippen LogP contribution < -0.4 is 11.1 Å². The van der Waals surface area contributed by atoms with Crippen LogP contribution in [0, 0.1) is 0 Å². The second-order valence-corrected chi connectivity index (χ2v) is 5.02. The van der Waals surface area contributed by atoms with Gasteiger partial charge in [-0.05, 0) is 49.4 Å². The molecule has 0 fully saturated rings. The van der Waals surface area contributed by atoms with E-state index in [0.717, 1.165) is 18.7 Å². The third-order valence-corrected chi connectivity index (χ3v) is 3.12. The number of nitrogen functional groups attached to an aromatic ring is 1. The number of hydrogen-bond donors (Lipinski definition) is 2. The summed E-state index contributed by atoms with van der Waals surface area (Å²) < 4.78 is 0. The fourth-order valence-electron chi connectivity index (χ4n) is 2.01. The number of carbonyl (C=O) groups excluding carboxylic acids is 1. The summed E-state index contributed by atoms with van der Waals surface area (Å²) in [4.78, 5) is 17.9. The lowest BCUT2D eigenvalue weighted by Gasteiger charge is -2.16. The minimum absolute atomic E-state index is 0.0437. The summed E-state index contributed by atoms with van der Waals surface area (Å²) in [7, 11) is 1.93. The number of likely N-dealkylation sites (N-methyl/N-ethyl adjacent to an activating group) is 1. The molecule has 0 unspecified atom stereocenters. The van der Waals surface area contributed by atoms with E-state index in [1.54, 1.807) is 24.5 Å². The molecule has 21 heavy (non-hydrogen) atoms. The third-order valence-electron chi connectivity index (χ3n) is 3.12. The number of anilines is 2. The van der Waals surface area contributed by atoms with E-state index in [2.05, 4.69) is 10.3 Å². The van der Waals surface area contributed by atoms with Gasteiger partial charge in [-0.25, -0.2) is 0 Å². The standard InChI is InChI=1S/C16H20N4O/c1-20(10-7-13-5-8-18-9-6-13)12-16(21)19-15-4-2-3-14(17)11-15/h2-6,8-9,11H,7,10,12,17H2,1H3,(H,19,21). The number of aromatic nitrogens is 1. The Morgan fingerprint density at radius 2 is 2.05 bits per heavy atom. The minimum Gasteiger partial charge on any atom is -0.399 e. The zero-order valence-corrected chi connectivity index (χ0v) is 12.1. The van der Waals surface area contributed by atoms with Gasteiger partial charge in [0.15, 0.2) is 0 Å². The van der Waals surface area contributed by atoms with Gasteiger partial charge in [0.2, 0.25) is 5.91 Å². The molecule has 0 aliphatic rings. The first-order valence-electron chi connectivity index (χ1n) is 6.86. The molecule has 1 heterocycles. The summed E-state index contributed by atoms with van der Waals surface area (Å²) in [5.41, 5.74) is 8.26. The molecular weight excluding hydrogens is 264 g/mol. The van der Waals surface area contributed by atoms with Crippen LogP contribution in [0.5, 0.6) is 0 Å². The summed E-state index contributed by atoms with van der Waals surface area (Å²) in [6.45, 7) is 1.16. The van der Waals surface area contributed by atoms with Crippen molar-refractivity contribution in [2.75, 3.05) is 31.2 Å². The van der Waals surface area contributed by atoms with Gasteiger partial charge in [-0.3, -0.25) is 14.7 Å². The van der Waals surface area contributed by atoms with Crippen LogP contribution in [-0.4, -0.2) is 35.9 Å². The zero-order valence-electron chi connectivity index (χ0n) is 12.1. The van der Waals surface area contributed by atoms with Crippen LogP contribution in [0.2, 0.25) is 0 Å². The highest BCUT2D eigenvalue weighted by molar-refractivity contribution is 5.92. The van der Waals surface area contributed by atoms with Gasteiger partial charge in [0.1, 0.15) is 0 Å². The highest BCUT2D eigenvalue weighted by Crippen LogP contribution is 2.11. The largest absolute Gasteiger partial charge is 0.399 e. The van der Waals surface area contributed by atoms with Crippen molar-refractivity contribution in [2.24, 2.45) is 0 Å². The third kappa shape index (κ3) is 5.24. The fourth-order valence-corrected chi connectivity index (χ4v) is 2.01. The highest BCUT2D eigenvalue weighted by Gasteiger charge is 2.07. The number of nitrogens with zero attached hydrogens (tertiary/aromatic N) is 2. The van der Waals surface area contributed by atoms with Crippen molar-refractivity contribution in [3.8, 4) is 0 Å². The molecule has 110 valence electrons. The minimum atomic E-state index is -0.0437. The maximum atomic E-state index is 11.9. The average Bonchev–Trinajstić information content (AvgIpc) is 2.46. The monoisotopic (exact) mass is 284 g/mol. The predicted octanol–water partition coefficient (Wildman–Crippen LogP) is 1.78. The first-order valence-corrected chi connectivity index (χ1v) is 6.86. The Balaban J connectivity index is 1.77. The molecule has 0 atom stereocenters. The fraction of sp³-hybridized carbons (Fsp3) is 0.250. The lowest BCUT2D eigenvalue weighted by Crippen LogP contribution is -2.31. The van der Waals surface area contributed by atoms with Crippen LogP contribution in [0.3, 0.4) is 0 Å². The van der Waals surface area contributed by atoms with E-state index < -0.39 is 0 Å². The molecule has 1 aromatic heterocycles. The molecule has 0 aliphatic heterocycles. The summed E-state index contributed by atoms with van der Waals surface area (Å²) in [6, 6.07) is 11.1. The van der Waals surface area contributed by atoms with Gasteiger partial charge < -0.3 is 11.1 Å². The van der Waals surface area contributed by atoms with Crippen LogP contribution in [0.1, 0.15) is 5.56 Å². The molecule has 1 aromatic carbocycles. The van der Waals surface area contributed by atoms with Gasteiger partial charge in [-0.15, -0.1) is 0 Å². The van der Waals surface area contributed by atoms with Crippen molar-refractivity contribution in [3.05, 3.63) is 54.4 Å². The Morgan fingerprint density at radius 1 is 1.29 bits per heavy atom. The van der Waals surface area contributed by atoms with Crippen molar-refractivity contribution >= 4 is 17.3 Å². The summed E-state index contributed by atoms with van der Waals surface area (Å²) >= 11 is 0. The Bertz CT molecular complexity index is 586. The van der Waals surface area contributed by atoms with Crippen molar-refractivity contribution in [1.29, 1.82) is 0 Å². The van der Waals surface area contributed by atoms with E-state index in [1.165, 1.54) is 5.56 Å². The topological polar surface area (TPSA) is 71.2 Å². The molecule has 0 aliphatic carbocycles. The molecule has 0 saturated heterocycles. The molecule has 0 radical (unpaired) electrons. The molecule has 5 heteroatoms. The Morgan fingerprint density at radius 3 is 2.76 bits per heavy atom. The lowest BCUT2D eigenvalue weighted by molar-refractivity contribution is -0.117. The molecule has 1 amide bonds. The van der Waals surface area contributed by atoms with Crippen molar-refractivity contribution in [1.82, 2.24) is 9.88 Å². The normalized spacial score (nSPS) is 10.6. The molecule has 0 bridgehead atoms. The molecule has 2 rings (SSSR count). The van der Waals surface area contributed by atoms with E-state index in [1.807, 2.05) is 36.2 Å². The van der Waals surface area contributed by atoms with Crippen molar-refractivity contribution in [2.45, 2.75) is 6.42 Å². The quantitative estimate of drug-likeness (QED) is 0.793. The van der Waals surface area contributed by atoms with Crippen molar-refractivity contribution in [3.63, 3.8) is 0 Å². The number of nitrogens with one attached hydrogen (secondary N) is 1. The van der Waals surface area contributed by atoms with Gasteiger partial charge in [-0.2, -0.15) is 0 Å². The van der Waals surface area contributed by atoms with Gasteiger partial charge in [-0.1, -0.05) is 6.07 Å². The predicted molar refractivity (Wildman–Crippen MR) is 84.9 cm³/mol. The van der Waals surface area contributed by atoms with E-state index >= 15 is 0 Å². The van der Waals surface area contributed by atoms with Crippen LogP contribution in [0.25, 0.3) is 0 Å². The van der Waals surface area contributed by atoms with Crippen LogP contribution in [0.15, 0.2) is 48.8 Å². The second kappa shape index (κ2) is 7.40. The molecule has 0 spiro atoms. The van der Waals surface area contributed by atoms with E-state index in [-0.39, 0.29) is 5.91 Å². The molecular formula is C16H20N4O. The first kappa shape index (κ1) is 15.0. The average molecular weight is 284 g/mol. The van der Waals surface area contributed by atoms with Crippen LogP contribution in [-0.2, 0) is 11.2 Å². The van der Waals surface area contributed by atoms with Gasteiger partial charge >= 0.3 is 0 Å². The van der Waals surface area contributed by atoms with Gasteiger partial charge in [0, 0.05) is 30.3 Å². The summed E-state index contributed by atoms with van der Waals surface area (Å²) in [5, 5.41) is 2.84. The Kier molecular flexibility index (Phi) is 5.29. The summed E-state index contributed by atoms with van der Waals surface area (Å²) in [5.74, 6) is -0.0437. The summed E-state index contributed by atoms with van der Waals surface area (Å²) in [6.07, 6.45) is 4.45. The van der Waals surface area contributed by atoms with Crippen LogP contribution >= 0.6 is 0 Å². The number of benzene rings is 1. The maximum absolute atomic E-state index is 11.9. The number of hydrogen-bond acceptors (Lipinski definition) is 4. The number of nitrogens with two attached hydrogens (primary N) is 1. The molecule has 3 N–H and O–H groups in total. The number of carbonyl (C=O) groups is 1. The maximum Gasteiger partial charge on any atom is 0.238 e. The zero-order chi connectivity index (χ0) is 15.1. The SMILES string of the molecule is CN(CCc1ccncc1)CC(=O)Nc1cccc(N)c1. The molecule has 5 nitrogen and oxygen atoms in total. The van der Waals surface area contributed by atoms with Crippen LogP contribution in [0.4, 0.5) is 11.4 Å². The van der Waals surface area contributed by atoms with E-state index in [4.69, 9.17) is 5.73 Å². The highest BCUT2D eigenvalue weighted by atomic mass is 16.2. The Hall–Kier alpha value is -2.40. The van der Waals surface area contributed by atoms with E-state index in [0.29, 0.717) is 12.2 Å². The number of rotatable bonds is 6. The number of amides is 1. The molecule has 2 aromatic rings. The van der Waals surface area contributed by atoms with Gasteiger partial charge in [0.05, 0.1) is 6.54 Å². The lowest BCUT2D eigenvalue weighted by atomic mass is 10.2. The van der Waals surface area contributed by atoms with Crippen molar-refractivity contribution < 1.29 is 4.79 Å². The van der Waals surface area contributed by atoms with Gasteiger partial charge in [0.25, 0.3) is 0 Å². The molecule has 0 saturated carbocycles. The Labute approximate surface area is 124 Å². The smallest absolute Gasteiger partial charge is 0.238 e. The first-order chi connectivity index (χ1) is 10.1.